The predicted molar refractivity (Wildman–Crippen MR) is 110 cm³/mol. The van der Waals surface area contributed by atoms with Crippen LogP contribution in [0.5, 0.6) is 0 Å². The standard InChI is InChI=1S/C21H35N5/c1-17(2)26-13-9-20(10-14-26)24-21(22-3)23-11-15-25-12-8-18-6-4-5-7-19(18)16-25/h4-7,17,20H,8-16H2,1-3H3,(H2,22,23,24). The van der Waals surface area contributed by atoms with E-state index in [2.05, 4.69) is 63.5 Å². The number of nitrogens with one attached hydrogen (secondary N) is 2. The van der Waals surface area contributed by atoms with Crippen molar-refractivity contribution in [1.82, 2.24) is 20.4 Å². The van der Waals surface area contributed by atoms with Gasteiger partial charge in [-0.2, -0.15) is 0 Å². The molecule has 0 unspecified atom stereocenters. The molecule has 2 heterocycles. The molecule has 2 aliphatic heterocycles. The molecular formula is C21H35N5. The molecule has 1 fully saturated rings. The second kappa shape index (κ2) is 9.38. The summed E-state index contributed by atoms with van der Waals surface area (Å²) in [5.74, 6) is 0.949. The maximum atomic E-state index is 4.42. The van der Waals surface area contributed by atoms with E-state index in [4.69, 9.17) is 0 Å². The average Bonchev–Trinajstić information content (AvgIpc) is 2.67. The minimum Gasteiger partial charge on any atom is -0.355 e. The third-order valence-electron chi connectivity index (χ3n) is 5.75. The zero-order chi connectivity index (χ0) is 18.4. The van der Waals surface area contributed by atoms with E-state index in [1.165, 1.54) is 37.1 Å². The van der Waals surface area contributed by atoms with Crippen molar-refractivity contribution in [3.05, 3.63) is 35.4 Å². The Bertz CT molecular complexity index is 590. The van der Waals surface area contributed by atoms with Gasteiger partial charge in [-0.05, 0) is 44.2 Å². The van der Waals surface area contributed by atoms with Crippen molar-refractivity contribution in [2.75, 3.05) is 39.8 Å². The quantitative estimate of drug-likeness (QED) is 0.625. The van der Waals surface area contributed by atoms with Crippen LogP contribution in [0.15, 0.2) is 29.3 Å². The summed E-state index contributed by atoms with van der Waals surface area (Å²) in [4.78, 5) is 9.51. The van der Waals surface area contributed by atoms with Crippen molar-refractivity contribution in [2.24, 2.45) is 4.99 Å². The van der Waals surface area contributed by atoms with E-state index in [1.54, 1.807) is 0 Å². The zero-order valence-electron chi connectivity index (χ0n) is 16.7. The van der Waals surface area contributed by atoms with E-state index >= 15 is 0 Å². The summed E-state index contributed by atoms with van der Waals surface area (Å²) in [5.41, 5.74) is 3.00. The first-order valence-electron chi connectivity index (χ1n) is 10.2. The fourth-order valence-corrected chi connectivity index (χ4v) is 4.03. The summed E-state index contributed by atoms with van der Waals surface area (Å²) in [6.45, 7) is 11.1. The summed E-state index contributed by atoms with van der Waals surface area (Å²) in [7, 11) is 1.87. The molecule has 1 saturated heterocycles. The highest BCUT2D eigenvalue weighted by Gasteiger charge is 2.21. The highest BCUT2D eigenvalue weighted by atomic mass is 15.2. The molecule has 0 atom stereocenters. The third kappa shape index (κ3) is 5.21. The van der Waals surface area contributed by atoms with Crippen molar-refractivity contribution in [3.8, 4) is 0 Å². The van der Waals surface area contributed by atoms with Gasteiger partial charge < -0.3 is 15.5 Å². The highest BCUT2D eigenvalue weighted by molar-refractivity contribution is 5.79. The van der Waals surface area contributed by atoms with Crippen LogP contribution in [0.25, 0.3) is 0 Å². The van der Waals surface area contributed by atoms with E-state index in [1.807, 2.05) is 7.05 Å². The molecule has 2 aliphatic rings. The van der Waals surface area contributed by atoms with Crippen molar-refractivity contribution in [2.45, 2.75) is 51.7 Å². The van der Waals surface area contributed by atoms with Gasteiger partial charge in [-0.1, -0.05) is 24.3 Å². The van der Waals surface area contributed by atoms with Crippen LogP contribution in [0, 0.1) is 0 Å². The zero-order valence-corrected chi connectivity index (χ0v) is 16.7. The molecule has 144 valence electrons. The van der Waals surface area contributed by atoms with E-state index < -0.39 is 0 Å². The number of rotatable bonds is 5. The van der Waals surface area contributed by atoms with Crippen molar-refractivity contribution >= 4 is 5.96 Å². The number of fused-ring (bicyclic) bond motifs is 1. The third-order valence-corrected chi connectivity index (χ3v) is 5.75. The maximum absolute atomic E-state index is 4.42. The Balaban J connectivity index is 1.37. The Labute approximate surface area is 158 Å². The summed E-state index contributed by atoms with van der Waals surface area (Å²) in [5, 5.41) is 7.12. The number of aliphatic imine (C=N–C) groups is 1. The molecule has 0 radical (unpaired) electrons. The first kappa shape index (κ1) is 19.2. The SMILES string of the molecule is CN=C(NCCN1CCc2ccccc2C1)NC1CCN(C(C)C)CC1. The fraction of sp³-hybridized carbons (Fsp3) is 0.667. The van der Waals surface area contributed by atoms with E-state index in [0.717, 1.165) is 38.6 Å². The van der Waals surface area contributed by atoms with Crippen LogP contribution in [0.3, 0.4) is 0 Å². The Morgan fingerprint density at radius 2 is 1.88 bits per heavy atom. The summed E-state index contributed by atoms with van der Waals surface area (Å²) in [6, 6.07) is 10.0. The molecule has 2 N–H and O–H groups in total. The van der Waals surface area contributed by atoms with Crippen molar-refractivity contribution in [3.63, 3.8) is 0 Å². The normalized spacial score (nSPS) is 20.2. The Kier molecular flexibility index (Phi) is 6.92. The number of nitrogens with zero attached hydrogens (tertiary/aromatic N) is 3. The van der Waals surface area contributed by atoms with Crippen LogP contribution < -0.4 is 10.6 Å². The second-order valence-corrected chi connectivity index (χ2v) is 7.84. The molecular weight excluding hydrogens is 322 g/mol. The summed E-state index contributed by atoms with van der Waals surface area (Å²) >= 11 is 0. The highest BCUT2D eigenvalue weighted by Crippen LogP contribution is 2.17. The molecule has 0 saturated carbocycles. The molecule has 0 aliphatic carbocycles. The molecule has 5 heteroatoms. The van der Waals surface area contributed by atoms with Crippen molar-refractivity contribution in [1.29, 1.82) is 0 Å². The van der Waals surface area contributed by atoms with E-state index in [-0.39, 0.29) is 0 Å². The second-order valence-electron chi connectivity index (χ2n) is 7.84. The Morgan fingerprint density at radius 3 is 2.58 bits per heavy atom. The Hall–Kier alpha value is -1.59. The largest absolute Gasteiger partial charge is 0.355 e. The molecule has 0 aromatic heterocycles. The van der Waals surface area contributed by atoms with E-state index in [9.17, 15) is 0 Å². The van der Waals surface area contributed by atoms with Gasteiger partial charge in [0.15, 0.2) is 5.96 Å². The number of benzene rings is 1. The van der Waals surface area contributed by atoms with Crippen LogP contribution >= 0.6 is 0 Å². The average molecular weight is 358 g/mol. The lowest BCUT2D eigenvalue weighted by atomic mass is 10.00. The van der Waals surface area contributed by atoms with Gasteiger partial charge in [-0.3, -0.25) is 9.89 Å². The number of guanidine groups is 1. The molecule has 5 nitrogen and oxygen atoms in total. The van der Waals surface area contributed by atoms with Gasteiger partial charge in [-0.25, -0.2) is 0 Å². The monoisotopic (exact) mass is 357 g/mol. The number of likely N-dealkylation sites (tertiary alicyclic amines) is 1. The number of piperidine rings is 1. The molecule has 1 aromatic rings. The lowest BCUT2D eigenvalue weighted by molar-refractivity contribution is 0.167. The Morgan fingerprint density at radius 1 is 1.15 bits per heavy atom. The minimum absolute atomic E-state index is 0.540. The van der Waals surface area contributed by atoms with Crippen LogP contribution in [0.4, 0.5) is 0 Å². The fourth-order valence-electron chi connectivity index (χ4n) is 4.03. The predicted octanol–water partition coefficient (Wildman–Crippen LogP) is 2.08. The van der Waals surface area contributed by atoms with Crippen LogP contribution in [-0.4, -0.2) is 67.6 Å². The van der Waals surface area contributed by atoms with Gasteiger partial charge in [0.05, 0.1) is 0 Å². The van der Waals surface area contributed by atoms with Gasteiger partial charge >= 0.3 is 0 Å². The van der Waals surface area contributed by atoms with Crippen LogP contribution in [-0.2, 0) is 13.0 Å². The smallest absolute Gasteiger partial charge is 0.191 e. The molecule has 0 amide bonds. The molecule has 3 rings (SSSR count). The van der Waals surface area contributed by atoms with E-state index in [0.29, 0.717) is 12.1 Å². The van der Waals surface area contributed by atoms with Gasteiger partial charge in [0.2, 0.25) is 0 Å². The molecule has 1 aromatic carbocycles. The summed E-state index contributed by atoms with van der Waals surface area (Å²) in [6.07, 6.45) is 3.56. The van der Waals surface area contributed by atoms with Gasteiger partial charge in [-0.15, -0.1) is 0 Å². The van der Waals surface area contributed by atoms with Crippen LogP contribution in [0.2, 0.25) is 0 Å². The lowest BCUT2D eigenvalue weighted by Gasteiger charge is -2.35. The first-order valence-corrected chi connectivity index (χ1v) is 10.2. The lowest BCUT2D eigenvalue weighted by Crippen LogP contribution is -2.50. The molecule has 0 bridgehead atoms. The van der Waals surface area contributed by atoms with Gasteiger partial charge in [0.1, 0.15) is 0 Å². The number of hydrogen-bond donors (Lipinski definition) is 2. The van der Waals surface area contributed by atoms with Gasteiger partial charge in [0.25, 0.3) is 0 Å². The maximum Gasteiger partial charge on any atom is 0.191 e. The van der Waals surface area contributed by atoms with Crippen LogP contribution in [0.1, 0.15) is 37.8 Å². The van der Waals surface area contributed by atoms with Crippen molar-refractivity contribution < 1.29 is 0 Å². The minimum atomic E-state index is 0.540. The molecule has 26 heavy (non-hydrogen) atoms. The molecule has 0 spiro atoms. The van der Waals surface area contributed by atoms with Gasteiger partial charge in [0, 0.05) is 58.4 Å². The first-order chi connectivity index (χ1) is 12.7. The summed E-state index contributed by atoms with van der Waals surface area (Å²) < 4.78 is 0. The number of hydrogen-bond acceptors (Lipinski definition) is 3. The topological polar surface area (TPSA) is 42.9 Å².